The van der Waals surface area contributed by atoms with Crippen molar-refractivity contribution in [3.05, 3.63) is 29.8 Å². The quantitative estimate of drug-likeness (QED) is 0.916. The molecule has 18 heavy (non-hydrogen) atoms. The zero-order valence-electron chi connectivity index (χ0n) is 11.0. The summed E-state index contributed by atoms with van der Waals surface area (Å²) in [6.45, 7) is 4.35. The van der Waals surface area contributed by atoms with Crippen molar-refractivity contribution < 1.29 is 8.42 Å². The summed E-state index contributed by atoms with van der Waals surface area (Å²) in [5, 5.41) is 3.42. The maximum Gasteiger partial charge on any atom is 0.150 e. The van der Waals surface area contributed by atoms with Gasteiger partial charge in [-0.2, -0.15) is 0 Å². The van der Waals surface area contributed by atoms with Gasteiger partial charge in [-0.05, 0) is 36.5 Å². The first-order valence-corrected chi connectivity index (χ1v) is 8.35. The molecule has 1 heterocycles. The van der Waals surface area contributed by atoms with Crippen LogP contribution in [0, 0.1) is 0 Å². The largest absolute Gasteiger partial charge is 0.382 e. The van der Waals surface area contributed by atoms with Crippen LogP contribution in [0.3, 0.4) is 0 Å². The van der Waals surface area contributed by atoms with E-state index < -0.39 is 9.84 Å². The van der Waals surface area contributed by atoms with E-state index in [0.717, 1.165) is 5.69 Å². The lowest BCUT2D eigenvalue weighted by Crippen LogP contribution is -2.32. The highest BCUT2D eigenvalue weighted by atomic mass is 32.2. The molecule has 1 fully saturated rings. The molecule has 0 aliphatic carbocycles. The zero-order valence-corrected chi connectivity index (χ0v) is 11.8. The normalized spacial score (nSPS) is 19.9. The Labute approximate surface area is 110 Å². The molecular weight excluding hydrogens is 246 g/mol. The van der Waals surface area contributed by atoms with Crippen LogP contribution in [0.5, 0.6) is 0 Å². The first-order valence-electron chi connectivity index (χ1n) is 6.53. The molecule has 0 aromatic heterocycles. The van der Waals surface area contributed by atoms with E-state index in [2.05, 4.69) is 43.4 Å². The minimum Gasteiger partial charge on any atom is -0.382 e. The second-order valence-electron chi connectivity index (χ2n) is 5.35. The molecule has 2 rings (SSSR count). The Morgan fingerprint density at radius 2 is 1.67 bits per heavy atom. The number of hydrogen-bond donors (Lipinski definition) is 1. The fraction of sp³-hybridized carbons (Fsp3) is 0.571. The molecule has 0 unspecified atom stereocenters. The van der Waals surface area contributed by atoms with Crippen LogP contribution < -0.4 is 5.32 Å². The van der Waals surface area contributed by atoms with Crippen molar-refractivity contribution in [2.24, 2.45) is 0 Å². The van der Waals surface area contributed by atoms with Crippen LogP contribution in [-0.4, -0.2) is 26.0 Å². The fourth-order valence-electron chi connectivity index (χ4n) is 2.23. The summed E-state index contributed by atoms with van der Waals surface area (Å²) in [6, 6.07) is 8.72. The fourth-order valence-corrected chi connectivity index (χ4v) is 3.73. The van der Waals surface area contributed by atoms with E-state index >= 15 is 0 Å². The lowest BCUT2D eigenvalue weighted by molar-refractivity contribution is 0.559. The smallest absolute Gasteiger partial charge is 0.150 e. The second-order valence-corrected chi connectivity index (χ2v) is 7.65. The molecule has 1 saturated heterocycles. The lowest BCUT2D eigenvalue weighted by atomic mass is 10.0. The molecule has 1 aliphatic heterocycles. The number of hydrogen-bond acceptors (Lipinski definition) is 3. The highest BCUT2D eigenvalue weighted by molar-refractivity contribution is 7.91. The summed E-state index contributed by atoms with van der Waals surface area (Å²) >= 11 is 0. The molecular formula is C14H21NO2S. The Morgan fingerprint density at radius 1 is 1.11 bits per heavy atom. The first-order chi connectivity index (χ1) is 8.46. The van der Waals surface area contributed by atoms with E-state index in [4.69, 9.17) is 0 Å². The summed E-state index contributed by atoms with van der Waals surface area (Å²) in [6.07, 6.45) is 1.43. The van der Waals surface area contributed by atoms with Gasteiger partial charge in [0.25, 0.3) is 0 Å². The molecule has 0 saturated carbocycles. The van der Waals surface area contributed by atoms with Gasteiger partial charge in [0.1, 0.15) is 9.84 Å². The number of rotatable bonds is 3. The van der Waals surface area contributed by atoms with Crippen molar-refractivity contribution in [3.8, 4) is 0 Å². The van der Waals surface area contributed by atoms with Crippen molar-refractivity contribution in [2.75, 3.05) is 16.8 Å². The molecule has 4 heteroatoms. The van der Waals surface area contributed by atoms with Crippen molar-refractivity contribution in [1.29, 1.82) is 0 Å². The van der Waals surface area contributed by atoms with Crippen LogP contribution >= 0.6 is 0 Å². The molecule has 0 radical (unpaired) electrons. The third-order valence-electron chi connectivity index (χ3n) is 3.50. The molecule has 0 atom stereocenters. The second kappa shape index (κ2) is 5.31. The van der Waals surface area contributed by atoms with Gasteiger partial charge < -0.3 is 5.32 Å². The number of nitrogens with one attached hydrogen (secondary N) is 1. The molecule has 1 aromatic carbocycles. The van der Waals surface area contributed by atoms with Crippen molar-refractivity contribution in [1.82, 2.24) is 0 Å². The first kappa shape index (κ1) is 13.4. The van der Waals surface area contributed by atoms with E-state index in [1.54, 1.807) is 0 Å². The van der Waals surface area contributed by atoms with Crippen LogP contribution in [0.4, 0.5) is 5.69 Å². The maximum absolute atomic E-state index is 11.3. The highest BCUT2D eigenvalue weighted by Gasteiger charge is 2.23. The molecule has 0 spiro atoms. The van der Waals surface area contributed by atoms with E-state index in [0.29, 0.717) is 36.3 Å². The monoisotopic (exact) mass is 267 g/mol. The van der Waals surface area contributed by atoms with Crippen LogP contribution in [-0.2, 0) is 9.84 Å². The van der Waals surface area contributed by atoms with Gasteiger partial charge in [0.15, 0.2) is 0 Å². The van der Waals surface area contributed by atoms with Crippen LogP contribution in [0.15, 0.2) is 24.3 Å². The van der Waals surface area contributed by atoms with Crippen LogP contribution in [0.1, 0.15) is 38.2 Å². The van der Waals surface area contributed by atoms with Gasteiger partial charge in [0, 0.05) is 11.7 Å². The van der Waals surface area contributed by atoms with Crippen LogP contribution in [0.25, 0.3) is 0 Å². The molecule has 3 nitrogen and oxygen atoms in total. The Hall–Kier alpha value is -1.03. The summed E-state index contributed by atoms with van der Waals surface area (Å²) in [5.74, 6) is 1.17. The molecule has 100 valence electrons. The third-order valence-corrected chi connectivity index (χ3v) is 5.22. The maximum atomic E-state index is 11.3. The predicted octanol–water partition coefficient (Wildman–Crippen LogP) is 2.80. The zero-order chi connectivity index (χ0) is 13.2. The minimum atomic E-state index is -2.77. The molecule has 0 bridgehead atoms. The van der Waals surface area contributed by atoms with Gasteiger partial charge in [0.2, 0.25) is 0 Å². The Bertz CT molecular complexity index is 477. The van der Waals surface area contributed by atoms with Crippen molar-refractivity contribution >= 4 is 15.5 Å². The summed E-state index contributed by atoms with van der Waals surface area (Å²) in [4.78, 5) is 0. The molecule has 1 aromatic rings. The van der Waals surface area contributed by atoms with Crippen LogP contribution in [0.2, 0.25) is 0 Å². The molecule has 0 amide bonds. The lowest BCUT2D eigenvalue weighted by Gasteiger charge is -2.24. The van der Waals surface area contributed by atoms with Gasteiger partial charge in [-0.25, -0.2) is 8.42 Å². The summed E-state index contributed by atoms with van der Waals surface area (Å²) in [7, 11) is -2.77. The topological polar surface area (TPSA) is 46.2 Å². The molecule has 1 N–H and O–H groups in total. The van der Waals surface area contributed by atoms with E-state index in [9.17, 15) is 8.42 Å². The van der Waals surface area contributed by atoms with Crippen molar-refractivity contribution in [2.45, 2.75) is 38.6 Å². The van der Waals surface area contributed by atoms with Gasteiger partial charge >= 0.3 is 0 Å². The summed E-state index contributed by atoms with van der Waals surface area (Å²) in [5.41, 5.74) is 2.41. The van der Waals surface area contributed by atoms with Gasteiger partial charge in [-0.1, -0.05) is 26.0 Å². The Balaban J connectivity index is 1.94. The number of sulfone groups is 1. The average molecular weight is 267 g/mol. The average Bonchev–Trinajstić information content (AvgIpc) is 2.33. The number of benzene rings is 1. The highest BCUT2D eigenvalue weighted by Crippen LogP contribution is 2.20. The Morgan fingerprint density at radius 3 is 2.17 bits per heavy atom. The van der Waals surface area contributed by atoms with Gasteiger partial charge in [0.05, 0.1) is 11.5 Å². The van der Waals surface area contributed by atoms with E-state index in [-0.39, 0.29) is 0 Å². The van der Waals surface area contributed by atoms with Gasteiger partial charge in [-0.15, -0.1) is 0 Å². The third kappa shape index (κ3) is 3.48. The number of anilines is 1. The molecule has 1 aliphatic rings. The Kier molecular flexibility index (Phi) is 3.95. The van der Waals surface area contributed by atoms with E-state index in [1.165, 1.54) is 5.56 Å². The summed E-state index contributed by atoms with van der Waals surface area (Å²) < 4.78 is 22.7. The standard InChI is InChI=1S/C14H21NO2S/c1-11(2)12-3-5-13(6-4-12)15-14-7-9-18(16,17)10-8-14/h3-6,11,14-15H,7-10H2,1-2H3. The minimum absolute atomic E-state index is 0.290. The van der Waals surface area contributed by atoms with Crippen molar-refractivity contribution in [3.63, 3.8) is 0 Å². The SMILES string of the molecule is CC(C)c1ccc(NC2CCS(=O)(=O)CC2)cc1. The predicted molar refractivity (Wildman–Crippen MR) is 75.8 cm³/mol. The van der Waals surface area contributed by atoms with E-state index in [1.807, 2.05) is 0 Å². The van der Waals surface area contributed by atoms with Gasteiger partial charge in [-0.3, -0.25) is 0 Å².